The molecule has 0 aliphatic rings. The Morgan fingerprint density at radius 1 is 0.395 bits per heavy atom. The lowest BCUT2D eigenvalue weighted by molar-refractivity contribution is -0.870. The fraction of sp³-hybridized carbons (Fsp3) is 0.634. The molecule has 0 heterocycles. The monoisotopic (exact) mass is 1140 g/mol. The summed E-state index contributed by atoms with van der Waals surface area (Å²) in [6, 6.07) is 0. The summed E-state index contributed by atoms with van der Waals surface area (Å²) in [6.45, 7) is 4.07. The molecule has 0 radical (unpaired) electrons. The number of unbranched alkanes of at least 4 members (excludes halogenated alkanes) is 19. The van der Waals surface area contributed by atoms with Gasteiger partial charge in [-0.1, -0.05) is 269 Å². The van der Waals surface area contributed by atoms with Gasteiger partial charge in [0.05, 0.1) is 27.7 Å². The van der Waals surface area contributed by atoms with Crippen LogP contribution in [0.3, 0.4) is 0 Å². The van der Waals surface area contributed by atoms with E-state index in [0.717, 1.165) is 109 Å². The van der Waals surface area contributed by atoms with Gasteiger partial charge >= 0.3 is 11.9 Å². The van der Waals surface area contributed by atoms with Crippen LogP contribution in [0.4, 0.5) is 0 Å². The van der Waals surface area contributed by atoms with Crippen LogP contribution in [0.25, 0.3) is 0 Å². The molecule has 0 fully saturated rings. The summed E-state index contributed by atoms with van der Waals surface area (Å²) in [5.74, 6) is -0.888. The van der Waals surface area contributed by atoms with Crippen molar-refractivity contribution >= 4 is 19.8 Å². The second kappa shape index (κ2) is 60.5. The van der Waals surface area contributed by atoms with Crippen LogP contribution in [0.5, 0.6) is 0 Å². The van der Waals surface area contributed by atoms with E-state index in [4.69, 9.17) is 18.5 Å². The van der Waals surface area contributed by atoms with E-state index < -0.39 is 32.5 Å². The van der Waals surface area contributed by atoms with Crippen LogP contribution in [0.1, 0.15) is 239 Å². The summed E-state index contributed by atoms with van der Waals surface area (Å²) in [5.41, 5.74) is 0. The van der Waals surface area contributed by atoms with Crippen molar-refractivity contribution in [2.75, 3.05) is 47.5 Å². The number of esters is 2. The highest BCUT2D eigenvalue weighted by Gasteiger charge is 2.21. The van der Waals surface area contributed by atoms with Gasteiger partial charge < -0.3 is 27.9 Å². The Balaban J connectivity index is 4.23. The number of quaternary nitrogens is 1. The molecule has 0 saturated heterocycles. The number of phosphoric ester groups is 1. The fourth-order valence-electron chi connectivity index (χ4n) is 8.23. The number of hydrogen-bond acceptors (Lipinski definition) is 8. The minimum absolute atomic E-state index is 0.0456. The lowest BCUT2D eigenvalue weighted by atomic mass is 10.0. The zero-order valence-corrected chi connectivity index (χ0v) is 53.1. The molecule has 0 spiro atoms. The summed E-state index contributed by atoms with van der Waals surface area (Å²) < 4.78 is 34.1. The zero-order valence-electron chi connectivity index (χ0n) is 52.2. The fourth-order valence-corrected chi connectivity index (χ4v) is 8.95. The van der Waals surface area contributed by atoms with Gasteiger partial charge in [0.25, 0.3) is 7.82 Å². The third kappa shape index (κ3) is 64.9. The number of ether oxygens (including phenoxy) is 2. The lowest BCUT2D eigenvalue weighted by Crippen LogP contribution is -2.37. The molecule has 0 amide bonds. The molecule has 0 N–H and O–H groups in total. The van der Waals surface area contributed by atoms with Crippen LogP contribution in [-0.4, -0.2) is 70.0 Å². The number of carbonyl (C=O) groups is 2. The Labute approximate surface area is 497 Å². The predicted octanol–water partition coefficient (Wildman–Crippen LogP) is 20.0. The highest BCUT2D eigenvalue weighted by molar-refractivity contribution is 7.45. The maximum absolute atomic E-state index is 12.8. The second-order valence-corrected chi connectivity index (χ2v) is 23.5. The summed E-state index contributed by atoms with van der Waals surface area (Å²) in [7, 11) is 1.12. The molecule has 9 nitrogen and oxygen atoms in total. The van der Waals surface area contributed by atoms with Crippen molar-refractivity contribution in [1.82, 2.24) is 0 Å². The van der Waals surface area contributed by atoms with Crippen molar-refractivity contribution in [2.45, 2.75) is 245 Å². The summed E-state index contributed by atoms with van der Waals surface area (Å²) in [5, 5.41) is 0. The molecule has 0 rings (SSSR count). The number of hydrogen-bond donors (Lipinski definition) is 0. The number of likely N-dealkylation sites (N-methyl/N-ethyl adjacent to an activating group) is 1. The first-order chi connectivity index (χ1) is 39.5. The van der Waals surface area contributed by atoms with Gasteiger partial charge in [0.1, 0.15) is 19.8 Å². The number of allylic oxidation sites excluding steroid dienone is 24. The van der Waals surface area contributed by atoms with Crippen molar-refractivity contribution in [3.8, 4) is 0 Å². The van der Waals surface area contributed by atoms with Gasteiger partial charge in [0.15, 0.2) is 6.10 Å². The van der Waals surface area contributed by atoms with Crippen LogP contribution in [-0.2, 0) is 32.7 Å². The molecular weight excluding hydrogens is 1030 g/mol. The maximum atomic E-state index is 12.8. The number of phosphoric acid groups is 1. The zero-order chi connectivity index (χ0) is 59.1. The molecule has 2 unspecified atom stereocenters. The molecule has 0 saturated carbocycles. The minimum Gasteiger partial charge on any atom is -0.756 e. The lowest BCUT2D eigenvalue weighted by Gasteiger charge is -2.28. The van der Waals surface area contributed by atoms with Gasteiger partial charge in [0.2, 0.25) is 0 Å². The van der Waals surface area contributed by atoms with Crippen molar-refractivity contribution in [3.05, 3.63) is 146 Å². The molecule has 0 aromatic carbocycles. The van der Waals surface area contributed by atoms with E-state index >= 15 is 0 Å². The van der Waals surface area contributed by atoms with Crippen LogP contribution in [0, 0.1) is 0 Å². The normalized spacial score (nSPS) is 14.2. The van der Waals surface area contributed by atoms with Crippen LogP contribution < -0.4 is 4.89 Å². The van der Waals surface area contributed by atoms with E-state index in [-0.39, 0.29) is 26.1 Å². The van der Waals surface area contributed by atoms with Crippen LogP contribution in [0.15, 0.2) is 146 Å². The van der Waals surface area contributed by atoms with Gasteiger partial charge in [0, 0.05) is 12.8 Å². The molecule has 0 aliphatic carbocycles. The van der Waals surface area contributed by atoms with E-state index in [1.54, 1.807) is 0 Å². The Kier molecular flexibility index (Phi) is 57.4. The first-order valence-corrected chi connectivity index (χ1v) is 33.5. The van der Waals surface area contributed by atoms with E-state index in [1.165, 1.54) is 96.3 Å². The topological polar surface area (TPSA) is 111 Å². The SMILES string of the molecule is CC/C=C\C/C=C\C/C=C\C/C=C\C/C=C\C/C=C\C/C=C\C/C=C\C/C=C\C/C=C\C/C=C\C/C=C\CCCCC(=O)OC(COC(=O)CCCCCCCCCCCCCCCCCCCC)COP(=O)([O-])OCC[N+](C)(C)C. The van der Waals surface area contributed by atoms with E-state index in [2.05, 4.69) is 160 Å². The van der Waals surface area contributed by atoms with Crippen molar-refractivity contribution in [2.24, 2.45) is 0 Å². The van der Waals surface area contributed by atoms with Gasteiger partial charge in [-0.05, 0) is 103 Å². The molecule has 81 heavy (non-hydrogen) atoms. The van der Waals surface area contributed by atoms with Gasteiger partial charge in [-0.2, -0.15) is 0 Å². The summed E-state index contributed by atoms with van der Waals surface area (Å²) in [6.07, 6.45) is 89.1. The Hall–Kier alpha value is -4.11. The first kappa shape index (κ1) is 76.9. The Bertz CT molecular complexity index is 1880. The Morgan fingerprint density at radius 2 is 0.704 bits per heavy atom. The average Bonchev–Trinajstić information content (AvgIpc) is 3.43. The standard InChI is InChI=1S/C71H118NO8P/c1-6-8-10-12-14-16-18-20-22-24-26-27-28-29-30-31-32-33-34-35-36-37-38-39-40-41-42-43-44-45-46-48-50-52-54-56-58-60-62-64-71(74)80-69(68-79-81(75,76)78-66-65-72(3,4)5)67-77-70(73)63-61-59-57-55-53-51-49-47-25-23-21-19-17-15-13-11-9-7-2/h8,10,14,16,20,22,26-27,29-30,32-33,35-36,38-39,41-42,44-45,48,50,54,56,69H,6-7,9,11-13,15,17-19,21,23-25,28,31,34,37,40,43,46-47,49,51-53,55,57-68H2,1-5H3/b10-8-,16-14-,22-20-,27-26-,30-29-,33-32-,36-35-,39-38-,42-41-,45-44-,50-48-,56-54-. The maximum Gasteiger partial charge on any atom is 0.306 e. The highest BCUT2D eigenvalue weighted by Crippen LogP contribution is 2.38. The highest BCUT2D eigenvalue weighted by atomic mass is 31.2. The smallest absolute Gasteiger partial charge is 0.306 e. The first-order valence-electron chi connectivity index (χ1n) is 32.0. The molecule has 0 aromatic heterocycles. The molecule has 10 heteroatoms. The molecule has 0 aromatic rings. The average molecular weight is 1140 g/mol. The number of rotatable bonds is 57. The largest absolute Gasteiger partial charge is 0.756 e. The van der Waals surface area contributed by atoms with Crippen molar-refractivity contribution in [3.63, 3.8) is 0 Å². The quantitative estimate of drug-likeness (QED) is 0.0195. The van der Waals surface area contributed by atoms with E-state index in [0.29, 0.717) is 17.4 Å². The Morgan fingerprint density at radius 3 is 1.05 bits per heavy atom. The van der Waals surface area contributed by atoms with Crippen LogP contribution >= 0.6 is 7.82 Å². The van der Waals surface area contributed by atoms with Gasteiger partial charge in [-0.15, -0.1) is 0 Å². The second-order valence-electron chi connectivity index (χ2n) is 22.0. The van der Waals surface area contributed by atoms with Crippen molar-refractivity contribution < 1.29 is 42.1 Å². The molecule has 0 bridgehead atoms. The van der Waals surface area contributed by atoms with Crippen molar-refractivity contribution in [1.29, 1.82) is 0 Å². The van der Waals surface area contributed by atoms with Gasteiger partial charge in [-0.25, -0.2) is 0 Å². The van der Waals surface area contributed by atoms with E-state index in [1.807, 2.05) is 21.1 Å². The summed E-state index contributed by atoms with van der Waals surface area (Å²) in [4.78, 5) is 37.9. The van der Waals surface area contributed by atoms with Gasteiger partial charge in [-0.3, -0.25) is 14.2 Å². The molecule has 2 atom stereocenters. The predicted molar refractivity (Wildman–Crippen MR) is 346 cm³/mol. The number of nitrogens with zero attached hydrogens (tertiary/aromatic N) is 1. The van der Waals surface area contributed by atoms with Crippen LogP contribution in [0.2, 0.25) is 0 Å². The molecule has 460 valence electrons. The third-order valence-electron chi connectivity index (χ3n) is 13.1. The summed E-state index contributed by atoms with van der Waals surface area (Å²) >= 11 is 0. The third-order valence-corrected chi connectivity index (χ3v) is 14.1. The molecular formula is C71H118NO8P. The number of carbonyl (C=O) groups excluding carboxylic acids is 2. The minimum atomic E-state index is -4.66. The molecule has 0 aliphatic heterocycles. The van der Waals surface area contributed by atoms with E-state index in [9.17, 15) is 19.0 Å².